The third kappa shape index (κ3) is 2.99. The van der Waals surface area contributed by atoms with Crippen LogP contribution in [0.4, 0.5) is 0 Å². The molecule has 2 fully saturated rings. The van der Waals surface area contributed by atoms with Crippen molar-refractivity contribution in [1.82, 2.24) is 14.5 Å². The second-order valence-electron chi connectivity index (χ2n) is 7.56. The number of aromatic nitrogens is 2. The van der Waals surface area contributed by atoms with Gasteiger partial charge in [0.05, 0.1) is 24.9 Å². The van der Waals surface area contributed by atoms with E-state index in [9.17, 15) is 9.59 Å². The van der Waals surface area contributed by atoms with Crippen molar-refractivity contribution in [3.63, 3.8) is 0 Å². The second kappa shape index (κ2) is 6.68. The zero-order valence-electron chi connectivity index (χ0n) is 15.2. The molecule has 0 atom stereocenters. The van der Waals surface area contributed by atoms with Crippen LogP contribution in [0.5, 0.6) is 0 Å². The Morgan fingerprint density at radius 3 is 2.70 bits per heavy atom. The summed E-state index contributed by atoms with van der Waals surface area (Å²) in [7, 11) is 0. The van der Waals surface area contributed by atoms with Gasteiger partial charge in [0.15, 0.2) is 5.79 Å². The summed E-state index contributed by atoms with van der Waals surface area (Å²) in [5.74, 6) is -0.542. The van der Waals surface area contributed by atoms with E-state index >= 15 is 0 Å². The summed E-state index contributed by atoms with van der Waals surface area (Å²) >= 11 is 1.63. The van der Waals surface area contributed by atoms with Crippen LogP contribution < -0.4 is 5.56 Å². The van der Waals surface area contributed by atoms with Gasteiger partial charge in [0, 0.05) is 30.8 Å². The Hall–Kier alpha value is -1.77. The lowest BCUT2D eigenvalue weighted by molar-refractivity contribution is -0.187. The van der Waals surface area contributed by atoms with E-state index in [1.165, 1.54) is 22.2 Å². The molecule has 1 aliphatic carbocycles. The van der Waals surface area contributed by atoms with Crippen molar-refractivity contribution >= 4 is 27.5 Å². The molecule has 2 aromatic heterocycles. The van der Waals surface area contributed by atoms with Crippen LogP contribution in [0.3, 0.4) is 0 Å². The number of nitrogens with zero attached hydrogens (tertiary/aromatic N) is 3. The number of carbonyl (C=O) groups is 1. The lowest BCUT2D eigenvalue weighted by atomic mass is 9.97. The fourth-order valence-electron chi connectivity index (χ4n) is 4.42. The van der Waals surface area contributed by atoms with Gasteiger partial charge in [-0.05, 0) is 31.2 Å². The van der Waals surface area contributed by atoms with Crippen LogP contribution >= 0.6 is 11.3 Å². The number of piperidine rings is 1. The van der Waals surface area contributed by atoms with Crippen LogP contribution in [-0.2, 0) is 33.7 Å². The van der Waals surface area contributed by atoms with E-state index in [0.29, 0.717) is 39.1 Å². The fourth-order valence-corrected chi connectivity index (χ4v) is 5.64. The molecule has 2 aromatic rings. The Kier molecular flexibility index (Phi) is 4.29. The first kappa shape index (κ1) is 17.3. The van der Waals surface area contributed by atoms with Crippen LogP contribution in [0.15, 0.2) is 11.1 Å². The molecule has 0 N–H and O–H groups in total. The van der Waals surface area contributed by atoms with Crippen molar-refractivity contribution in [2.24, 2.45) is 0 Å². The monoisotopic (exact) mass is 389 g/mol. The molecule has 0 unspecified atom stereocenters. The average Bonchev–Trinajstić information content (AvgIpc) is 3.29. The number of carbonyl (C=O) groups excluding carboxylic acids is 1. The quantitative estimate of drug-likeness (QED) is 0.782. The normalized spacial score (nSPS) is 21.7. The third-order valence-corrected chi connectivity index (χ3v) is 7.14. The maximum atomic E-state index is 13.0. The Labute approximate surface area is 160 Å². The molecule has 2 aliphatic heterocycles. The van der Waals surface area contributed by atoms with Gasteiger partial charge in [-0.2, -0.15) is 0 Å². The van der Waals surface area contributed by atoms with E-state index < -0.39 is 5.79 Å². The van der Waals surface area contributed by atoms with Crippen LogP contribution in [0.2, 0.25) is 0 Å². The third-order valence-electron chi connectivity index (χ3n) is 5.94. The minimum atomic E-state index is -0.496. The predicted octanol–water partition coefficient (Wildman–Crippen LogP) is 1.70. The number of rotatable bonds is 2. The zero-order valence-corrected chi connectivity index (χ0v) is 16.1. The van der Waals surface area contributed by atoms with Gasteiger partial charge in [-0.1, -0.05) is 0 Å². The lowest BCUT2D eigenvalue weighted by Crippen LogP contribution is -2.48. The SMILES string of the molecule is O=C(Cn1cnc2sc3c(c2c1=O)CCCC3)N1CCC2(CC1)OCCO2. The highest BCUT2D eigenvalue weighted by atomic mass is 32.1. The highest BCUT2D eigenvalue weighted by Gasteiger charge is 2.40. The number of thiophene rings is 1. The van der Waals surface area contributed by atoms with Gasteiger partial charge in [-0.3, -0.25) is 14.2 Å². The van der Waals surface area contributed by atoms with E-state index in [0.717, 1.165) is 35.0 Å². The predicted molar refractivity (Wildman–Crippen MR) is 101 cm³/mol. The van der Waals surface area contributed by atoms with Crippen molar-refractivity contribution < 1.29 is 14.3 Å². The van der Waals surface area contributed by atoms with Crippen LogP contribution in [0.1, 0.15) is 36.1 Å². The molecule has 0 saturated carbocycles. The van der Waals surface area contributed by atoms with Gasteiger partial charge in [-0.15, -0.1) is 11.3 Å². The number of aryl methyl sites for hydroxylation is 2. The minimum Gasteiger partial charge on any atom is -0.347 e. The maximum Gasteiger partial charge on any atom is 0.262 e. The Balaban J connectivity index is 1.35. The molecule has 0 bridgehead atoms. The molecule has 3 aliphatic rings. The zero-order chi connectivity index (χ0) is 18.4. The highest BCUT2D eigenvalue weighted by Crippen LogP contribution is 2.33. The Morgan fingerprint density at radius 1 is 1.19 bits per heavy atom. The van der Waals surface area contributed by atoms with Gasteiger partial charge in [0.1, 0.15) is 11.4 Å². The van der Waals surface area contributed by atoms with E-state index in [1.807, 2.05) is 0 Å². The van der Waals surface area contributed by atoms with Gasteiger partial charge in [0.2, 0.25) is 5.91 Å². The van der Waals surface area contributed by atoms with Crippen molar-refractivity contribution in [1.29, 1.82) is 0 Å². The number of hydrogen-bond acceptors (Lipinski definition) is 6. The summed E-state index contributed by atoms with van der Waals surface area (Å²) in [4.78, 5) is 34.1. The molecule has 5 rings (SSSR count). The van der Waals surface area contributed by atoms with Crippen molar-refractivity contribution in [3.8, 4) is 0 Å². The van der Waals surface area contributed by atoms with E-state index in [1.54, 1.807) is 16.2 Å². The number of amides is 1. The van der Waals surface area contributed by atoms with E-state index in [4.69, 9.17) is 9.47 Å². The summed E-state index contributed by atoms with van der Waals surface area (Å²) in [6, 6.07) is 0. The summed E-state index contributed by atoms with van der Waals surface area (Å²) in [6.45, 7) is 2.48. The number of hydrogen-bond donors (Lipinski definition) is 0. The molecular weight excluding hydrogens is 366 g/mol. The topological polar surface area (TPSA) is 73.7 Å². The molecule has 144 valence electrons. The molecule has 1 spiro atoms. The standard InChI is InChI=1S/C19H23N3O4S/c23-15(21-7-5-19(6-8-21)25-9-10-26-19)11-22-12-20-17-16(18(22)24)13-3-1-2-4-14(13)27-17/h12H,1-11H2. The van der Waals surface area contributed by atoms with Crippen molar-refractivity contribution in [3.05, 3.63) is 27.1 Å². The molecule has 7 nitrogen and oxygen atoms in total. The summed E-state index contributed by atoms with van der Waals surface area (Å²) < 4.78 is 12.9. The molecule has 0 radical (unpaired) electrons. The molecule has 4 heterocycles. The lowest BCUT2D eigenvalue weighted by Gasteiger charge is -2.37. The smallest absolute Gasteiger partial charge is 0.262 e. The maximum absolute atomic E-state index is 13.0. The number of likely N-dealkylation sites (tertiary alicyclic amines) is 1. The minimum absolute atomic E-state index is 0.0428. The molecule has 8 heteroatoms. The second-order valence-corrected chi connectivity index (χ2v) is 8.64. The Morgan fingerprint density at radius 2 is 1.93 bits per heavy atom. The fraction of sp³-hybridized carbons (Fsp3) is 0.632. The average molecular weight is 389 g/mol. The number of ether oxygens (including phenoxy) is 2. The van der Waals surface area contributed by atoms with Gasteiger partial charge in [-0.25, -0.2) is 4.98 Å². The van der Waals surface area contributed by atoms with Gasteiger partial charge >= 0.3 is 0 Å². The molecule has 1 amide bonds. The molecule has 27 heavy (non-hydrogen) atoms. The Bertz CT molecular complexity index is 934. The van der Waals surface area contributed by atoms with E-state index in [2.05, 4.69) is 4.98 Å². The summed E-state index contributed by atoms with van der Waals surface area (Å²) in [5.41, 5.74) is 1.08. The van der Waals surface area contributed by atoms with Gasteiger partial charge < -0.3 is 14.4 Å². The van der Waals surface area contributed by atoms with Crippen LogP contribution in [0, 0.1) is 0 Å². The van der Waals surface area contributed by atoms with E-state index in [-0.39, 0.29) is 18.0 Å². The van der Waals surface area contributed by atoms with Crippen molar-refractivity contribution in [2.45, 2.75) is 50.9 Å². The largest absolute Gasteiger partial charge is 0.347 e. The first-order valence-electron chi connectivity index (χ1n) is 9.71. The highest BCUT2D eigenvalue weighted by molar-refractivity contribution is 7.18. The van der Waals surface area contributed by atoms with Crippen LogP contribution in [0.25, 0.3) is 10.2 Å². The molecule has 0 aromatic carbocycles. The first-order chi connectivity index (χ1) is 13.2. The molecule has 2 saturated heterocycles. The summed E-state index contributed by atoms with van der Waals surface area (Å²) in [5, 5.41) is 0.732. The summed E-state index contributed by atoms with van der Waals surface area (Å²) in [6.07, 6.45) is 7.17. The number of fused-ring (bicyclic) bond motifs is 3. The van der Waals surface area contributed by atoms with Crippen LogP contribution in [-0.4, -0.2) is 52.4 Å². The first-order valence-corrected chi connectivity index (χ1v) is 10.5. The van der Waals surface area contributed by atoms with Crippen molar-refractivity contribution in [2.75, 3.05) is 26.3 Å². The molecular formula is C19H23N3O4S. The van der Waals surface area contributed by atoms with Gasteiger partial charge in [0.25, 0.3) is 5.56 Å².